The van der Waals surface area contributed by atoms with E-state index in [0.717, 1.165) is 38.5 Å². The normalized spacial score (nSPS) is 15.3. The topological polar surface area (TPSA) is 100 Å². The number of aromatic nitrogens is 1. The molecule has 7 nitrogen and oxygen atoms in total. The van der Waals surface area contributed by atoms with E-state index in [1.54, 1.807) is 12.3 Å². The van der Waals surface area contributed by atoms with E-state index in [0.29, 0.717) is 17.6 Å². The number of hydrogen-bond donors (Lipinski definition) is 3. The van der Waals surface area contributed by atoms with Gasteiger partial charge in [0.15, 0.2) is 0 Å². The van der Waals surface area contributed by atoms with E-state index >= 15 is 4.39 Å². The molecule has 0 aliphatic heterocycles. The third kappa shape index (κ3) is 6.41. The largest absolute Gasteiger partial charge is 0.481 e. The Bertz CT molecular complexity index is 1100. The van der Waals surface area contributed by atoms with Gasteiger partial charge in [0.05, 0.1) is 11.2 Å². The molecule has 192 valence electrons. The number of nitrogens with one attached hydrogen (secondary N) is 2. The van der Waals surface area contributed by atoms with Crippen molar-refractivity contribution in [2.75, 3.05) is 5.32 Å². The average Bonchev–Trinajstić information content (AvgIpc) is 2.85. The number of halogens is 1. The number of fused-ring (bicyclic) bond motifs is 1. The molecule has 0 unspecified atom stereocenters. The Morgan fingerprint density at radius 1 is 1.11 bits per heavy atom. The zero-order valence-corrected chi connectivity index (χ0v) is 21.0. The van der Waals surface area contributed by atoms with Gasteiger partial charge in [-0.05, 0) is 50.7 Å². The Morgan fingerprint density at radius 3 is 2.40 bits per heavy atom. The van der Waals surface area contributed by atoms with Crippen molar-refractivity contribution in [2.24, 2.45) is 0 Å². The number of aliphatic carboxylic acids is 1. The first-order valence-corrected chi connectivity index (χ1v) is 13.0. The summed E-state index contributed by atoms with van der Waals surface area (Å²) in [6, 6.07) is 2.84. The molecule has 0 radical (unpaired) electrons. The number of rotatable bonds is 11. The number of pyridine rings is 1. The Hall–Kier alpha value is -2.90. The van der Waals surface area contributed by atoms with Gasteiger partial charge in [-0.3, -0.25) is 14.4 Å². The van der Waals surface area contributed by atoms with E-state index in [1.165, 1.54) is 12.5 Å². The molecule has 1 fully saturated rings. The van der Waals surface area contributed by atoms with Gasteiger partial charge in [0, 0.05) is 36.1 Å². The maximum absolute atomic E-state index is 15.2. The van der Waals surface area contributed by atoms with Crippen LogP contribution in [-0.4, -0.2) is 33.6 Å². The van der Waals surface area contributed by atoms with Crippen LogP contribution in [0, 0.1) is 5.82 Å². The first-order valence-electron chi connectivity index (χ1n) is 13.0. The molecule has 1 aromatic carbocycles. The van der Waals surface area contributed by atoms with Gasteiger partial charge in [-0.25, -0.2) is 4.39 Å². The number of hydrogen-bond acceptors (Lipinski definition) is 4. The predicted octanol–water partition coefficient (Wildman–Crippen LogP) is 5.62. The van der Waals surface area contributed by atoms with E-state index in [1.807, 2.05) is 25.3 Å². The first kappa shape index (κ1) is 26.7. The van der Waals surface area contributed by atoms with E-state index in [4.69, 9.17) is 5.11 Å². The summed E-state index contributed by atoms with van der Waals surface area (Å²) in [7, 11) is 0. The maximum Gasteiger partial charge on any atom is 0.303 e. The second-order valence-electron chi connectivity index (χ2n) is 9.59. The van der Waals surface area contributed by atoms with E-state index < -0.39 is 23.1 Å². The highest BCUT2D eigenvalue weighted by Crippen LogP contribution is 2.29. The number of benzene rings is 1. The molecular formula is C27H38FN3O4. The van der Waals surface area contributed by atoms with Crippen molar-refractivity contribution in [1.82, 2.24) is 9.88 Å². The summed E-state index contributed by atoms with van der Waals surface area (Å²) in [5, 5.41) is 15.3. The molecule has 1 aromatic heterocycles. The lowest BCUT2D eigenvalue weighted by Crippen LogP contribution is -2.38. The molecule has 3 rings (SSSR count). The summed E-state index contributed by atoms with van der Waals surface area (Å²) < 4.78 is 17.1. The SMILES string of the molecule is CCC(CC)n1cc(C(=O)N[C@H](CC)CCC(=O)O)c(=O)c2cc(F)c(NC3CCCCC3)cc21. The van der Waals surface area contributed by atoms with Crippen LogP contribution < -0.4 is 16.1 Å². The first-order chi connectivity index (χ1) is 16.8. The number of anilines is 1. The number of carboxylic acid groups (broad SMARTS) is 1. The fourth-order valence-electron chi connectivity index (χ4n) is 5.03. The average molecular weight is 488 g/mol. The number of carboxylic acids is 1. The van der Waals surface area contributed by atoms with Crippen LogP contribution >= 0.6 is 0 Å². The van der Waals surface area contributed by atoms with Crippen molar-refractivity contribution < 1.29 is 19.1 Å². The van der Waals surface area contributed by atoms with Crippen LogP contribution in [0.2, 0.25) is 0 Å². The standard InChI is InChI=1S/C27H38FN3O4/c1-4-17(12-13-25(32)33)30-27(35)21-16-31(19(5-2)6-3)24-15-23(22(28)14-20(24)26(21)34)29-18-10-8-7-9-11-18/h14-19,29H,4-13H2,1-3H3,(H,30,35)(H,32,33)/t17-/m1/s1. The summed E-state index contributed by atoms with van der Waals surface area (Å²) in [5.41, 5.74) is 0.430. The van der Waals surface area contributed by atoms with Crippen LogP contribution in [0.4, 0.5) is 10.1 Å². The summed E-state index contributed by atoms with van der Waals surface area (Å²) in [5.74, 6) is -1.99. The van der Waals surface area contributed by atoms with E-state index in [2.05, 4.69) is 10.6 Å². The van der Waals surface area contributed by atoms with Gasteiger partial charge in [-0.1, -0.05) is 40.0 Å². The van der Waals surface area contributed by atoms with Gasteiger partial charge in [0.25, 0.3) is 5.91 Å². The van der Waals surface area contributed by atoms with Gasteiger partial charge in [-0.15, -0.1) is 0 Å². The molecule has 2 aromatic rings. The molecule has 8 heteroatoms. The summed E-state index contributed by atoms with van der Waals surface area (Å²) >= 11 is 0. The van der Waals surface area contributed by atoms with E-state index in [-0.39, 0.29) is 41.9 Å². The van der Waals surface area contributed by atoms with Gasteiger partial charge in [0.1, 0.15) is 11.4 Å². The van der Waals surface area contributed by atoms with Crippen molar-refractivity contribution in [3.05, 3.63) is 39.9 Å². The molecule has 0 spiro atoms. The summed E-state index contributed by atoms with van der Waals surface area (Å²) in [6.07, 6.45) is 9.33. The third-order valence-electron chi connectivity index (χ3n) is 7.20. The molecule has 1 aliphatic rings. The Kier molecular flexibility index (Phi) is 9.29. The van der Waals surface area contributed by atoms with Crippen LogP contribution in [0.25, 0.3) is 10.9 Å². The quantitative estimate of drug-likeness (QED) is 0.382. The minimum absolute atomic E-state index is 0.0339. The lowest BCUT2D eigenvalue weighted by Gasteiger charge is -2.26. The molecular weight excluding hydrogens is 449 g/mol. The minimum atomic E-state index is -0.937. The molecule has 1 amide bonds. The number of carbonyl (C=O) groups excluding carboxylic acids is 1. The number of amides is 1. The van der Waals surface area contributed by atoms with Gasteiger partial charge in [0.2, 0.25) is 5.43 Å². The van der Waals surface area contributed by atoms with Crippen molar-refractivity contribution in [3.8, 4) is 0 Å². The van der Waals surface area contributed by atoms with Crippen molar-refractivity contribution in [1.29, 1.82) is 0 Å². The fraction of sp³-hybridized carbons (Fsp3) is 0.593. The molecule has 35 heavy (non-hydrogen) atoms. The van der Waals surface area contributed by atoms with Gasteiger partial charge < -0.3 is 20.3 Å². The van der Waals surface area contributed by atoms with Gasteiger partial charge in [-0.2, -0.15) is 0 Å². The highest BCUT2D eigenvalue weighted by atomic mass is 19.1. The minimum Gasteiger partial charge on any atom is -0.481 e. The molecule has 0 saturated heterocycles. The fourth-order valence-corrected chi connectivity index (χ4v) is 5.03. The molecule has 0 bridgehead atoms. The van der Waals surface area contributed by atoms with E-state index in [9.17, 15) is 14.4 Å². The molecule has 1 aliphatic carbocycles. The second kappa shape index (κ2) is 12.2. The Balaban J connectivity index is 2.04. The van der Waals surface area contributed by atoms with Crippen LogP contribution in [0.15, 0.2) is 23.1 Å². The third-order valence-corrected chi connectivity index (χ3v) is 7.20. The van der Waals surface area contributed by atoms with Crippen LogP contribution in [0.5, 0.6) is 0 Å². The molecule has 1 saturated carbocycles. The van der Waals surface area contributed by atoms with Crippen molar-refractivity contribution >= 4 is 28.5 Å². The van der Waals surface area contributed by atoms with Crippen LogP contribution in [0.3, 0.4) is 0 Å². The summed E-state index contributed by atoms with van der Waals surface area (Å²) in [6.45, 7) is 5.94. The molecule has 3 N–H and O–H groups in total. The zero-order valence-electron chi connectivity index (χ0n) is 21.0. The highest BCUT2D eigenvalue weighted by Gasteiger charge is 2.23. The predicted molar refractivity (Wildman–Crippen MR) is 137 cm³/mol. The molecule has 1 atom stereocenters. The van der Waals surface area contributed by atoms with Crippen molar-refractivity contribution in [2.45, 2.75) is 103 Å². The zero-order chi connectivity index (χ0) is 25.5. The number of nitrogens with zero attached hydrogens (tertiary/aromatic N) is 1. The maximum atomic E-state index is 15.2. The lowest BCUT2D eigenvalue weighted by molar-refractivity contribution is -0.137. The summed E-state index contributed by atoms with van der Waals surface area (Å²) in [4.78, 5) is 37.4. The van der Waals surface area contributed by atoms with Crippen LogP contribution in [0.1, 0.15) is 101 Å². The molecule has 1 heterocycles. The lowest BCUT2D eigenvalue weighted by atomic mass is 9.95. The van der Waals surface area contributed by atoms with Crippen LogP contribution in [-0.2, 0) is 4.79 Å². The highest BCUT2D eigenvalue weighted by molar-refractivity contribution is 5.98. The second-order valence-corrected chi connectivity index (χ2v) is 9.59. The van der Waals surface area contributed by atoms with Gasteiger partial charge >= 0.3 is 5.97 Å². The number of carbonyl (C=O) groups is 2. The van der Waals surface area contributed by atoms with Crippen molar-refractivity contribution in [3.63, 3.8) is 0 Å². The Morgan fingerprint density at radius 2 is 1.80 bits per heavy atom. The monoisotopic (exact) mass is 487 g/mol. The smallest absolute Gasteiger partial charge is 0.303 e. The Labute approximate surface area is 206 Å².